The van der Waals surface area contributed by atoms with Crippen molar-refractivity contribution in [2.45, 2.75) is 39.3 Å². The van der Waals surface area contributed by atoms with Gasteiger partial charge in [0, 0.05) is 5.37 Å². The molecule has 0 aromatic rings. The molecule has 0 fully saturated rings. The lowest BCUT2D eigenvalue weighted by Gasteiger charge is -2.26. The third kappa shape index (κ3) is 4.80. The van der Waals surface area contributed by atoms with Gasteiger partial charge in [0.25, 0.3) is 0 Å². The summed E-state index contributed by atoms with van der Waals surface area (Å²) >= 11 is 4.66. The molecular formula is C8H16N2O2S. The Bertz CT molecular complexity index is 201. The topological polar surface area (TPSA) is 55.6 Å². The normalized spacial score (nSPS) is 13.3. The zero-order valence-corrected chi connectivity index (χ0v) is 9.22. The number of ether oxygens (including phenoxy) is 1. The van der Waals surface area contributed by atoms with E-state index < -0.39 is 11.7 Å². The number of thiocarbonyl (C=S) groups is 1. The predicted octanol–water partition coefficient (Wildman–Crippen LogP) is 1.49. The van der Waals surface area contributed by atoms with Gasteiger partial charge < -0.3 is 4.74 Å². The van der Waals surface area contributed by atoms with Crippen molar-refractivity contribution in [1.29, 1.82) is 0 Å². The van der Waals surface area contributed by atoms with Crippen LogP contribution in [0.3, 0.4) is 0 Å². The fraction of sp³-hybridized carbons (Fsp3) is 0.750. The van der Waals surface area contributed by atoms with Crippen LogP contribution in [-0.2, 0) is 4.74 Å². The van der Waals surface area contributed by atoms with E-state index in [1.807, 2.05) is 0 Å². The van der Waals surface area contributed by atoms with E-state index in [-0.39, 0.29) is 6.04 Å². The standard InChI is InChI=1S/C8H16N2O2S/c1-6(5-13)10(9)7(11)12-8(2,3)4/h5-6H,9H2,1-4H3/t6-/m0/s1. The van der Waals surface area contributed by atoms with Gasteiger partial charge in [-0.2, -0.15) is 0 Å². The van der Waals surface area contributed by atoms with Gasteiger partial charge in [0.1, 0.15) is 5.60 Å². The fourth-order valence-corrected chi connectivity index (χ4v) is 0.678. The highest BCUT2D eigenvalue weighted by Crippen LogP contribution is 2.09. The molecule has 0 aliphatic carbocycles. The molecule has 0 rings (SSSR count). The molecule has 0 aliphatic heterocycles. The van der Waals surface area contributed by atoms with Crippen molar-refractivity contribution >= 4 is 23.7 Å². The van der Waals surface area contributed by atoms with E-state index >= 15 is 0 Å². The monoisotopic (exact) mass is 204 g/mol. The van der Waals surface area contributed by atoms with Crippen molar-refractivity contribution in [3.05, 3.63) is 0 Å². The van der Waals surface area contributed by atoms with Crippen LogP contribution >= 0.6 is 12.2 Å². The maximum absolute atomic E-state index is 11.3. The van der Waals surface area contributed by atoms with E-state index in [0.717, 1.165) is 5.01 Å². The van der Waals surface area contributed by atoms with Crippen molar-refractivity contribution in [2.24, 2.45) is 5.84 Å². The van der Waals surface area contributed by atoms with Crippen molar-refractivity contribution in [1.82, 2.24) is 5.01 Å². The maximum atomic E-state index is 11.3. The number of carbonyl (C=O) groups is 1. The van der Waals surface area contributed by atoms with Crippen molar-refractivity contribution < 1.29 is 9.53 Å². The van der Waals surface area contributed by atoms with Gasteiger partial charge in [-0.25, -0.2) is 15.6 Å². The molecule has 5 heteroatoms. The van der Waals surface area contributed by atoms with Crippen LogP contribution in [0, 0.1) is 0 Å². The number of carbonyl (C=O) groups excluding carboxylic acids is 1. The summed E-state index contributed by atoms with van der Waals surface area (Å²) < 4.78 is 5.02. The zero-order chi connectivity index (χ0) is 10.6. The van der Waals surface area contributed by atoms with E-state index in [1.54, 1.807) is 27.7 Å². The first-order valence-corrected chi connectivity index (χ1v) is 4.47. The quantitative estimate of drug-likeness (QED) is 0.320. The summed E-state index contributed by atoms with van der Waals surface area (Å²) in [5.74, 6) is 5.44. The van der Waals surface area contributed by atoms with E-state index in [9.17, 15) is 4.79 Å². The number of rotatable bonds is 2. The molecular weight excluding hydrogens is 188 g/mol. The van der Waals surface area contributed by atoms with E-state index in [0.29, 0.717) is 0 Å². The van der Waals surface area contributed by atoms with Crippen LogP contribution in [0.1, 0.15) is 27.7 Å². The van der Waals surface area contributed by atoms with Gasteiger partial charge in [0.2, 0.25) is 0 Å². The highest BCUT2D eigenvalue weighted by molar-refractivity contribution is 7.79. The van der Waals surface area contributed by atoms with E-state index in [4.69, 9.17) is 10.6 Å². The first-order valence-electron chi connectivity index (χ1n) is 4.00. The first kappa shape index (κ1) is 12.3. The van der Waals surface area contributed by atoms with Crippen LogP contribution in [0.2, 0.25) is 0 Å². The molecule has 0 spiro atoms. The molecule has 0 heterocycles. The minimum Gasteiger partial charge on any atom is -0.443 e. The molecule has 0 saturated heterocycles. The number of nitrogens with two attached hydrogens (primary N) is 1. The number of hydrazine groups is 1. The van der Waals surface area contributed by atoms with Gasteiger partial charge in [-0.15, -0.1) is 0 Å². The number of amides is 1. The highest BCUT2D eigenvalue weighted by Gasteiger charge is 2.22. The molecule has 0 bridgehead atoms. The second-order valence-electron chi connectivity index (χ2n) is 3.76. The molecule has 0 aliphatic rings. The second kappa shape index (κ2) is 4.53. The first-order chi connectivity index (χ1) is 5.78. The molecule has 2 N–H and O–H groups in total. The van der Waals surface area contributed by atoms with Crippen LogP contribution < -0.4 is 5.84 Å². The van der Waals surface area contributed by atoms with Gasteiger partial charge in [0.15, 0.2) is 0 Å². The largest absolute Gasteiger partial charge is 0.443 e. The summed E-state index contributed by atoms with van der Waals surface area (Å²) in [6.45, 7) is 7.05. The summed E-state index contributed by atoms with van der Waals surface area (Å²) in [5.41, 5.74) is -0.532. The molecule has 13 heavy (non-hydrogen) atoms. The third-order valence-electron chi connectivity index (χ3n) is 1.24. The molecule has 1 atom stereocenters. The van der Waals surface area contributed by atoms with Crippen LogP contribution in [0.5, 0.6) is 0 Å². The van der Waals surface area contributed by atoms with Crippen LogP contribution in [0.4, 0.5) is 4.79 Å². The zero-order valence-electron chi connectivity index (χ0n) is 8.40. The number of hydrogen-bond acceptors (Lipinski definition) is 4. The average molecular weight is 204 g/mol. The van der Waals surface area contributed by atoms with Gasteiger partial charge in [-0.1, -0.05) is 12.2 Å². The summed E-state index contributed by atoms with van der Waals surface area (Å²) in [6, 6.07) is -0.301. The average Bonchev–Trinajstić information content (AvgIpc) is 1.98. The Labute approximate surface area is 84.0 Å². The van der Waals surface area contributed by atoms with E-state index in [2.05, 4.69) is 12.2 Å². The van der Waals surface area contributed by atoms with Crippen molar-refractivity contribution in [3.8, 4) is 0 Å². The summed E-state index contributed by atoms with van der Waals surface area (Å²) in [4.78, 5) is 11.3. The molecule has 0 saturated carbocycles. The molecule has 0 aromatic carbocycles. The second-order valence-corrected chi connectivity index (χ2v) is 4.04. The number of hydrogen-bond donors (Lipinski definition) is 1. The van der Waals surface area contributed by atoms with Crippen LogP contribution in [0.25, 0.3) is 0 Å². The van der Waals surface area contributed by atoms with Gasteiger partial charge in [-0.3, -0.25) is 0 Å². The Morgan fingerprint density at radius 3 is 2.38 bits per heavy atom. The summed E-state index contributed by atoms with van der Waals surface area (Å²) in [5, 5.41) is 2.38. The lowest BCUT2D eigenvalue weighted by Crippen LogP contribution is -2.47. The van der Waals surface area contributed by atoms with Crippen molar-refractivity contribution in [2.75, 3.05) is 0 Å². The van der Waals surface area contributed by atoms with Gasteiger partial charge >= 0.3 is 6.09 Å². The van der Waals surface area contributed by atoms with E-state index in [1.165, 1.54) is 5.37 Å². The Morgan fingerprint density at radius 1 is 1.62 bits per heavy atom. The Morgan fingerprint density at radius 2 is 2.08 bits per heavy atom. The van der Waals surface area contributed by atoms with Crippen LogP contribution in [0.15, 0.2) is 0 Å². The molecule has 76 valence electrons. The highest BCUT2D eigenvalue weighted by atomic mass is 32.1. The van der Waals surface area contributed by atoms with Crippen molar-refractivity contribution in [3.63, 3.8) is 0 Å². The summed E-state index contributed by atoms with van der Waals surface area (Å²) in [6.07, 6.45) is -0.568. The SMILES string of the molecule is C[C@@H](C=S)N(N)C(=O)OC(C)(C)C. The van der Waals surface area contributed by atoms with Crippen LogP contribution in [-0.4, -0.2) is 28.1 Å². The maximum Gasteiger partial charge on any atom is 0.425 e. The minimum atomic E-state index is -0.568. The lowest BCUT2D eigenvalue weighted by molar-refractivity contribution is 0.0226. The Kier molecular flexibility index (Phi) is 4.29. The third-order valence-corrected chi connectivity index (χ3v) is 1.63. The lowest BCUT2D eigenvalue weighted by atomic mass is 10.2. The van der Waals surface area contributed by atoms with Gasteiger partial charge in [-0.05, 0) is 27.7 Å². The molecule has 1 amide bonds. The molecule has 0 radical (unpaired) electrons. The fourth-order valence-electron chi connectivity index (χ4n) is 0.546. The van der Waals surface area contributed by atoms with Gasteiger partial charge in [0.05, 0.1) is 6.04 Å². The molecule has 0 aromatic heterocycles. The number of nitrogens with zero attached hydrogens (tertiary/aromatic N) is 1. The smallest absolute Gasteiger partial charge is 0.425 e. The minimum absolute atomic E-state index is 0.301. The Hall–Kier alpha value is -0.680. The summed E-state index contributed by atoms with van der Waals surface area (Å²) in [7, 11) is 0. The molecule has 4 nitrogen and oxygen atoms in total. The predicted molar refractivity (Wildman–Crippen MR) is 55.4 cm³/mol. The molecule has 0 unspecified atom stereocenters. The Balaban J connectivity index is 4.19.